The van der Waals surface area contributed by atoms with E-state index >= 15 is 0 Å². The van der Waals surface area contributed by atoms with Crippen LogP contribution < -0.4 is 5.73 Å². The summed E-state index contributed by atoms with van der Waals surface area (Å²) in [6.07, 6.45) is 1.31. The topological polar surface area (TPSA) is 63.4 Å². The van der Waals surface area contributed by atoms with Crippen molar-refractivity contribution in [2.24, 2.45) is 5.73 Å². The van der Waals surface area contributed by atoms with E-state index in [1.54, 1.807) is 11.8 Å². The maximum absolute atomic E-state index is 12.0. The molecular weight excluding hydrogens is 360 g/mol. The molecule has 20 heavy (non-hydrogen) atoms. The van der Waals surface area contributed by atoms with Gasteiger partial charge in [0.2, 0.25) is 0 Å². The summed E-state index contributed by atoms with van der Waals surface area (Å²) in [6.45, 7) is 1.17. The van der Waals surface area contributed by atoms with E-state index in [0.29, 0.717) is 12.3 Å². The van der Waals surface area contributed by atoms with Gasteiger partial charge in [-0.05, 0) is 17.7 Å². The lowest BCUT2D eigenvalue weighted by molar-refractivity contribution is 0.198. The monoisotopic (exact) mass is 378 g/mol. The molecule has 1 saturated heterocycles. The van der Waals surface area contributed by atoms with Gasteiger partial charge >= 0.3 is 0 Å². The van der Waals surface area contributed by atoms with Crippen molar-refractivity contribution < 1.29 is 8.42 Å². The van der Waals surface area contributed by atoms with Gasteiger partial charge < -0.3 is 5.73 Å². The summed E-state index contributed by atoms with van der Waals surface area (Å²) in [5.74, 6) is 1.56. The molecule has 2 N–H and O–H groups in total. The van der Waals surface area contributed by atoms with Crippen LogP contribution in [0.1, 0.15) is 11.6 Å². The van der Waals surface area contributed by atoms with Crippen molar-refractivity contribution in [3.8, 4) is 0 Å². The smallest absolute Gasteiger partial charge is 0.164 e. The van der Waals surface area contributed by atoms with Crippen molar-refractivity contribution in [1.29, 1.82) is 0 Å². The van der Waals surface area contributed by atoms with E-state index in [2.05, 4.69) is 15.9 Å². The van der Waals surface area contributed by atoms with E-state index in [0.717, 1.165) is 22.3 Å². The summed E-state index contributed by atoms with van der Waals surface area (Å²) in [5, 5.41) is -0.446. The highest BCUT2D eigenvalue weighted by Gasteiger charge is 2.35. The molecule has 0 amide bonds. The van der Waals surface area contributed by atoms with Crippen molar-refractivity contribution in [1.82, 2.24) is 4.90 Å². The zero-order valence-electron chi connectivity index (χ0n) is 11.3. The lowest BCUT2D eigenvalue weighted by Crippen LogP contribution is -2.50. The van der Waals surface area contributed by atoms with Gasteiger partial charge in [-0.15, -0.1) is 0 Å². The minimum Gasteiger partial charge on any atom is -0.329 e. The molecule has 0 saturated carbocycles. The molecule has 1 aliphatic rings. The van der Waals surface area contributed by atoms with E-state index in [1.807, 2.05) is 29.2 Å². The van der Waals surface area contributed by atoms with Crippen LogP contribution in [0.2, 0.25) is 0 Å². The molecule has 7 heteroatoms. The Labute approximate surface area is 133 Å². The summed E-state index contributed by atoms with van der Waals surface area (Å²) >= 11 is 5.10. The van der Waals surface area contributed by atoms with Crippen LogP contribution in [0.25, 0.3) is 0 Å². The van der Waals surface area contributed by atoms with Gasteiger partial charge in [0.15, 0.2) is 9.84 Å². The minimum absolute atomic E-state index is 0.0521. The first-order valence-electron chi connectivity index (χ1n) is 6.41. The molecule has 0 spiro atoms. The standard InChI is InChI=1S/C13H19BrN2O2S2/c1-20(17,18)13-9-19-7-6-16(13)12(8-15)10-2-4-11(14)5-3-10/h2-5,12-13H,6-9,15H2,1H3. The first kappa shape index (κ1) is 16.3. The molecule has 2 atom stereocenters. The average molecular weight is 379 g/mol. The van der Waals surface area contributed by atoms with Crippen molar-refractivity contribution in [3.05, 3.63) is 34.3 Å². The number of nitrogens with two attached hydrogens (primary N) is 1. The second-order valence-corrected chi connectivity index (χ2v) is 9.17. The Bertz CT molecular complexity index is 548. The van der Waals surface area contributed by atoms with Crippen molar-refractivity contribution in [2.45, 2.75) is 11.4 Å². The van der Waals surface area contributed by atoms with Crippen LogP contribution in [0.5, 0.6) is 0 Å². The maximum atomic E-state index is 12.0. The Hall–Kier alpha value is -0.0800. The highest BCUT2D eigenvalue weighted by Crippen LogP contribution is 2.30. The summed E-state index contributed by atoms with van der Waals surface area (Å²) in [5.41, 5.74) is 6.99. The fraction of sp³-hybridized carbons (Fsp3) is 0.538. The molecule has 2 unspecified atom stereocenters. The highest BCUT2D eigenvalue weighted by atomic mass is 79.9. The van der Waals surface area contributed by atoms with Crippen LogP contribution in [0, 0.1) is 0 Å². The van der Waals surface area contributed by atoms with Crippen LogP contribution in [-0.4, -0.2) is 49.5 Å². The summed E-state index contributed by atoms with van der Waals surface area (Å²) in [6, 6.07) is 7.88. The largest absolute Gasteiger partial charge is 0.329 e. The predicted molar refractivity (Wildman–Crippen MR) is 88.6 cm³/mol. The Morgan fingerprint density at radius 3 is 2.65 bits per heavy atom. The van der Waals surface area contributed by atoms with E-state index in [9.17, 15) is 8.42 Å². The van der Waals surface area contributed by atoms with Gasteiger partial charge in [-0.1, -0.05) is 28.1 Å². The van der Waals surface area contributed by atoms with Crippen LogP contribution in [0.4, 0.5) is 0 Å². The number of rotatable bonds is 4. The number of hydrogen-bond donors (Lipinski definition) is 1. The number of nitrogens with zero attached hydrogens (tertiary/aromatic N) is 1. The van der Waals surface area contributed by atoms with Crippen molar-refractivity contribution >= 4 is 37.5 Å². The summed E-state index contributed by atoms with van der Waals surface area (Å²) in [4.78, 5) is 2.04. The van der Waals surface area contributed by atoms with Gasteiger partial charge in [-0.3, -0.25) is 4.90 Å². The number of hydrogen-bond acceptors (Lipinski definition) is 5. The van der Waals surface area contributed by atoms with Gasteiger partial charge in [-0.25, -0.2) is 8.42 Å². The van der Waals surface area contributed by atoms with Gasteiger partial charge in [-0.2, -0.15) is 11.8 Å². The predicted octanol–water partition coefficient (Wildman–Crippen LogP) is 1.87. The third-order valence-corrected chi connectivity index (χ3v) is 6.69. The van der Waals surface area contributed by atoms with Gasteiger partial charge in [0.1, 0.15) is 5.37 Å². The fourth-order valence-electron chi connectivity index (χ4n) is 2.47. The van der Waals surface area contributed by atoms with E-state index in [1.165, 1.54) is 6.26 Å². The third-order valence-electron chi connectivity index (χ3n) is 3.50. The lowest BCUT2D eigenvalue weighted by atomic mass is 10.1. The molecule has 0 aromatic heterocycles. The van der Waals surface area contributed by atoms with Gasteiger partial charge in [0.25, 0.3) is 0 Å². The summed E-state index contributed by atoms with van der Waals surface area (Å²) in [7, 11) is -3.11. The molecule has 4 nitrogen and oxygen atoms in total. The molecular formula is C13H19BrN2O2S2. The second kappa shape index (κ2) is 6.79. The molecule has 0 aliphatic carbocycles. The highest BCUT2D eigenvalue weighted by molar-refractivity contribution is 9.10. The van der Waals surface area contributed by atoms with Gasteiger partial charge in [0.05, 0.1) is 0 Å². The average Bonchev–Trinajstić information content (AvgIpc) is 2.41. The first-order valence-corrected chi connectivity index (χ1v) is 10.3. The number of sulfone groups is 1. The zero-order chi connectivity index (χ0) is 14.8. The van der Waals surface area contributed by atoms with Crippen molar-refractivity contribution in [3.63, 3.8) is 0 Å². The Morgan fingerprint density at radius 1 is 1.45 bits per heavy atom. The molecule has 1 fully saturated rings. The zero-order valence-corrected chi connectivity index (χ0v) is 14.5. The fourth-order valence-corrected chi connectivity index (χ4v) is 5.65. The molecule has 1 aromatic carbocycles. The van der Waals surface area contributed by atoms with Gasteiger partial charge in [0, 0.05) is 41.4 Å². The normalized spacial score (nSPS) is 22.6. The summed E-state index contributed by atoms with van der Waals surface area (Å²) < 4.78 is 25.0. The van der Waals surface area contributed by atoms with Crippen LogP contribution >= 0.6 is 27.7 Å². The van der Waals surface area contributed by atoms with E-state index in [4.69, 9.17) is 5.73 Å². The SMILES string of the molecule is CS(=O)(=O)C1CSCCN1C(CN)c1ccc(Br)cc1. The molecule has 1 heterocycles. The van der Waals surface area contributed by atoms with Crippen LogP contribution in [0.3, 0.4) is 0 Å². The number of benzene rings is 1. The second-order valence-electron chi connectivity index (χ2n) is 4.90. The molecule has 1 aromatic rings. The molecule has 0 radical (unpaired) electrons. The Balaban J connectivity index is 2.31. The van der Waals surface area contributed by atoms with Crippen LogP contribution in [0.15, 0.2) is 28.7 Å². The number of thioether (sulfide) groups is 1. The van der Waals surface area contributed by atoms with Crippen molar-refractivity contribution in [2.75, 3.05) is 30.9 Å². The Kier molecular flexibility index (Phi) is 5.53. The molecule has 1 aliphatic heterocycles. The minimum atomic E-state index is -3.11. The maximum Gasteiger partial charge on any atom is 0.164 e. The molecule has 0 bridgehead atoms. The van der Waals surface area contributed by atoms with Crippen LogP contribution in [-0.2, 0) is 9.84 Å². The van der Waals surface area contributed by atoms with E-state index in [-0.39, 0.29) is 6.04 Å². The quantitative estimate of drug-likeness (QED) is 0.866. The lowest BCUT2D eigenvalue weighted by Gasteiger charge is -2.39. The first-order chi connectivity index (χ1) is 9.43. The number of halogens is 1. The Morgan fingerprint density at radius 2 is 2.10 bits per heavy atom. The third kappa shape index (κ3) is 3.76. The molecule has 112 valence electrons. The van der Waals surface area contributed by atoms with E-state index < -0.39 is 15.2 Å². The molecule has 2 rings (SSSR count).